The van der Waals surface area contributed by atoms with Crippen molar-refractivity contribution in [2.75, 3.05) is 13.6 Å². The largest absolute Gasteiger partial charge is 0.478 e. The van der Waals surface area contributed by atoms with E-state index in [1.165, 1.54) is 37.8 Å². The van der Waals surface area contributed by atoms with Gasteiger partial charge in [0.25, 0.3) is 0 Å². The third-order valence-electron chi connectivity index (χ3n) is 5.14. The van der Waals surface area contributed by atoms with E-state index in [0.29, 0.717) is 6.54 Å². The number of fused-ring (bicyclic) bond motifs is 2. The minimum absolute atomic E-state index is 0.235. The van der Waals surface area contributed by atoms with Crippen molar-refractivity contribution in [3.05, 3.63) is 35.1 Å². The number of rotatable bonds is 5. The Kier molecular flexibility index (Phi) is 3.98. The van der Waals surface area contributed by atoms with Crippen LogP contribution in [0.4, 0.5) is 4.39 Å². The van der Waals surface area contributed by atoms with Crippen LogP contribution >= 0.6 is 0 Å². The van der Waals surface area contributed by atoms with Gasteiger partial charge in [-0.3, -0.25) is 0 Å². The van der Waals surface area contributed by atoms with E-state index in [1.54, 1.807) is 6.07 Å². The third-order valence-corrected chi connectivity index (χ3v) is 5.14. The van der Waals surface area contributed by atoms with Crippen molar-refractivity contribution < 1.29 is 14.3 Å². The lowest BCUT2D eigenvalue weighted by Crippen LogP contribution is -2.28. The predicted octanol–water partition coefficient (Wildman–Crippen LogP) is 3.39. The second-order valence-electron chi connectivity index (χ2n) is 6.75. The van der Waals surface area contributed by atoms with Gasteiger partial charge in [-0.05, 0) is 61.8 Å². The lowest BCUT2D eigenvalue weighted by molar-refractivity contribution is 0.0691. The van der Waals surface area contributed by atoms with Crippen LogP contribution in [0.1, 0.15) is 41.6 Å². The van der Waals surface area contributed by atoms with Crippen LogP contribution in [0.5, 0.6) is 0 Å². The van der Waals surface area contributed by atoms with Crippen molar-refractivity contribution in [3.8, 4) is 0 Å². The third kappa shape index (κ3) is 3.10. The van der Waals surface area contributed by atoms with Gasteiger partial charge in [0, 0.05) is 13.1 Å². The van der Waals surface area contributed by atoms with Crippen LogP contribution in [0, 0.1) is 23.6 Å². The Morgan fingerprint density at radius 1 is 1.38 bits per heavy atom. The molecule has 0 radical (unpaired) electrons. The summed E-state index contributed by atoms with van der Waals surface area (Å²) < 4.78 is 13.4. The van der Waals surface area contributed by atoms with Gasteiger partial charge in [-0.2, -0.15) is 0 Å². The van der Waals surface area contributed by atoms with Gasteiger partial charge in [0.05, 0.1) is 5.56 Å². The van der Waals surface area contributed by atoms with Crippen LogP contribution in [0.2, 0.25) is 0 Å². The molecular formula is C17H22FNO2. The highest BCUT2D eigenvalue weighted by molar-refractivity contribution is 5.88. The molecule has 0 saturated heterocycles. The van der Waals surface area contributed by atoms with Gasteiger partial charge in [-0.15, -0.1) is 0 Å². The first-order valence-electron chi connectivity index (χ1n) is 7.73. The predicted molar refractivity (Wildman–Crippen MR) is 78.6 cm³/mol. The van der Waals surface area contributed by atoms with Crippen LogP contribution in [-0.2, 0) is 6.54 Å². The summed E-state index contributed by atoms with van der Waals surface area (Å²) in [6.07, 6.45) is 5.53. The fourth-order valence-electron chi connectivity index (χ4n) is 4.21. The molecule has 2 aliphatic carbocycles. The molecule has 1 N–H and O–H groups in total. The molecule has 0 aromatic heterocycles. The standard InChI is InChI=1S/C17H22FNO2/c1-19(10-14-7-11-2-4-13(14)6-11)9-12-3-5-16(18)15(8-12)17(20)21/h3,5,8,11,13-14H,2,4,6-7,9-10H2,1H3,(H,20,21). The molecule has 2 aliphatic rings. The normalized spacial score (nSPS) is 27.5. The Hall–Kier alpha value is -1.42. The molecule has 21 heavy (non-hydrogen) atoms. The first-order valence-corrected chi connectivity index (χ1v) is 7.73. The SMILES string of the molecule is CN(Cc1ccc(F)c(C(=O)O)c1)CC1CC2CCC1C2. The molecule has 1 aromatic carbocycles. The van der Waals surface area contributed by atoms with E-state index in [0.717, 1.165) is 29.9 Å². The van der Waals surface area contributed by atoms with E-state index >= 15 is 0 Å². The van der Waals surface area contributed by atoms with E-state index in [-0.39, 0.29) is 5.56 Å². The minimum atomic E-state index is -1.20. The molecule has 2 saturated carbocycles. The molecule has 3 atom stereocenters. The molecule has 3 nitrogen and oxygen atoms in total. The van der Waals surface area contributed by atoms with Crippen molar-refractivity contribution in [1.29, 1.82) is 0 Å². The number of halogens is 1. The van der Waals surface area contributed by atoms with E-state index < -0.39 is 11.8 Å². The number of hydrogen-bond donors (Lipinski definition) is 1. The summed E-state index contributed by atoms with van der Waals surface area (Å²) in [5.41, 5.74) is 0.625. The van der Waals surface area contributed by atoms with Crippen molar-refractivity contribution >= 4 is 5.97 Å². The molecule has 4 heteroatoms. The number of carboxylic acid groups (broad SMARTS) is 1. The quantitative estimate of drug-likeness (QED) is 0.904. The van der Waals surface area contributed by atoms with Gasteiger partial charge < -0.3 is 10.0 Å². The minimum Gasteiger partial charge on any atom is -0.478 e. The topological polar surface area (TPSA) is 40.5 Å². The summed E-state index contributed by atoms with van der Waals surface area (Å²) in [6, 6.07) is 4.39. The lowest BCUT2D eigenvalue weighted by Gasteiger charge is -2.27. The second-order valence-corrected chi connectivity index (χ2v) is 6.75. The number of hydrogen-bond acceptors (Lipinski definition) is 2. The molecule has 3 rings (SSSR count). The number of benzene rings is 1. The van der Waals surface area contributed by atoms with Gasteiger partial charge in [-0.25, -0.2) is 9.18 Å². The molecule has 0 heterocycles. The zero-order valence-electron chi connectivity index (χ0n) is 12.4. The highest BCUT2D eigenvalue weighted by Gasteiger charge is 2.39. The second kappa shape index (κ2) is 5.76. The van der Waals surface area contributed by atoms with Crippen molar-refractivity contribution in [1.82, 2.24) is 4.90 Å². The average Bonchev–Trinajstić information content (AvgIpc) is 3.03. The fraction of sp³-hybridized carbons (Fsp3) is 0.588. The summed E-state index contributed by atoms with van der Waals surface area (Å²) in [5.74, 6) is 0.748. The van der Waals surface area contributed by atoms with Gasteiger partial charge in [0.1, 0.15) is 5.82 Å². The maximum absolute atomic E-state index is 13.4. The van der Waals surface area contributed by atoms with E-state index in [4.69, 9.17) is 5.11 Å². The van der Waals surface area contributed by atoms with Crippen LogP contribution < -0.4 is 0 Å². The molecule has 114 valence electrons. The monoisotopic (exact) mass is 291 g/mol. The van der Waals surface area contributed by atoms with Gasteiger partial charge in [0.15, 0.2) is 0 Å². The van der Waals surface area contributed by atoms with Gasteiger partial charge in [-0.1, -0.05) is 12.5 Å². The summed E-state index contributed by atoms with van der Waals surface area (Å²) >= 11 is 0. The highest BCUT2D eigenvalue weighted by Crippen LogP contribution is 2.48. The average molecular weight is 291 g/mol. The Balaban J connectivity index is 1.61. The summed E-state index contributed by atoms with van der Waals surface area (Å²) in [7, 11) is 2.07. The number of aromatic carboxylic acids is 1. The van der Waals surface area contributed by atoms with Crippen molar-refractivity contribution in [2.24, 2.45) is 17.8 Å². The van der Waals surface area contributed by atoms with Crippen molar-refractivity contribution in [3.63, 3.8) is 0 Å². The lowest BCUT2D eigenvalue weighted by atomic mass is 9.88. The molecule has 3 unspecified atom stereocenters. The summed E-state index contributed by atoms with van der Waals surface area (Å²) in [5, 5.41) is 8.97. The van der Waals surface area contributed by atoms with E-state index in [1.807, 2.05) is 0 Å². The van der Waals surface area contributed by atoms with Gasteiger partial charge >= 0.3 is 5.97 Å². The van der Waals surface area contributed by atoms with Crippen molar-refractivity contribution in [2.45, 2.75) is 32.2 Å². The summed E-state index contributed by atoms with van der Waals surface area (Å²) in [4.78, 5) is 13.2. The molecule has 2 bridgehead atoms. The zero-order chi connectivity index (χ0) is 15.0. The van der Waals surface area contributed by atoms with Gasteiger partial charge in [0.2, 0.25) is 0 Å². The molecule has 1 aromatic rings. The number of carboxylic acids is 1. The maximum atomic E-state index is 13.4. The van der Waals surface area contributed by atoms with E-state index in [9.17, 15) is 9.18 Å². The van der Waals surface area contributed by atoms with Crippen LogP contribution in [-0.4, -0.2) is 29.6 Å². The molecule has 2 fully saturated rings. The number of carbonyl (C=O) groups is 1. The van der Waals surface area contributed by atoms with E-state index in [2.05, 4.69) is 11.9 Å². The fourth-order valence-corrected chi connectivity index (χ4v) is 4.21. The molecular weight excluding hydrogens is 269 g/mol. The Labute approximate surface area is 124 Å². The maximum Gasteiger partial charge on any atom is 0.338 e. The Morgan fingerprint density at radius 3 is 2.81 bits per heavy atom. The molecule has 0 aliphatic heterocycles. The van der Waals surface area contributed by atoms with Crippen LogP contribution in [0.15, 0.2) is 18.2 Å². The molecule has 0 amide bonds. The smallest absolute Gasteiger partial charge is 0.338 e. The Bertz CT molecular complexity index is 546. The zero-order valence-corrected chi connectivity index (χ0v) is 12.4. The first kappa shape index (κ1) is 14.5. The van der Waals surface area contributed by atoms with Crippen LogP contribution in [0.3, 0.4) is 0 Å². The Morgan fingerprint density at radius 2 is 2.19 bits per heavy atom. The number of nitrogens with zero attached hydrogens (tertiary/aromatic N) is 1. The summed E-state index contributed by atoms with van der Waals surface area (Å²) in [6.45, 7) is 1.73. The van der Waals surface area contributed by atoms with Crippen LogP contribution in [0.25, 0.3) is 0 Å². The molecule has 0 spiro atoms. The first-order chi connectivity index (χ1) is 10.0. The highest BCUT2D eigenvalue weighted by atomic mass is 19.1.